The summed E-state index contributed by atoms with van der Waals surface area (Å²) in [5, 5.41) is 12.3. The second-order valence-corrected chi connectivity index (χ2v) is 5.29. The maximum absolute atomic E-state index is 5.70. The summed E-state index contributed by atoms with van der Waals surface area (Å²) in [6.45, 7) is 0. The molecule has 0 radical (unpaired) electrons. The molecule has 1 unspecified atom stereocenters. The highest BCUT2D eigenvalue weighted by molar-refractivity contribution is 9.10. The first kappa shape index (κ1) is 13.9. The number of nitrogens with one attached hydrogen (secondary N) is 1. The van der Waals surface area contributed by atoms with Crippen LogP contribution in [0.25, 0.3) is 5.69 Å². The Kier molecular flexibility index (Phi) is 3.82. The third-order valence-corrected chi connectivity index (χ3v) is 3.79. The van der Waals surface area contributed by atoms with Crippen LogP contribution in [-0.4, -0.2) is 24.8 Å². The van der Waals surface area contributed by atoms with Gasteiger partial charge in [0.05, 0.1) is 23.6 Å². The third-order valence-electron chi connectivity index (χ3n) is 3.22. The molecule has 1 atom stereocenters. The summed E-state index contributed by atoms with van der Waals surface area (Å²) in [4.78, 5) is 0. The van der Waals surface area contributed by atoms with Gasteiger partial charge in [0.1, 0.15) is 0 Å². The van der Waals surface area contributed by atoms with Crippen LogP contribution in [0.2, 0.25) is 0 Å². The Morgan fingerprint density at radius 3 is 2.67 bits per heavy atom. The van der Waals surface area contributed by atoms with Gasteiger partial charge in [0.15, 0.2) is 4.60 Å². The number of rotatable bonds is 4. The molecule has 7 nitrogen and oxygen atoms in total. The Labute approximate surface area is 129 Å². The van der Waals surface area contributed by atoms with Gasteiger partial charge >= 0.3 is 0 Å². The van der Waals surface area contributed by atoms with Crippen LogP contribution >= 0.6 is 15.9 Å². The van der Waals surface area contributed by atoms with Crippen molar-refractivity contribution in [3.05, 3.63) is 58.6 Å². The molecule has 2 aromatic heterocycles. The minimum atomic E-state index is -0.253. The third kappa shape index (κ3) is 2.60. The van der Waals surface area contributed by atoms with E-state index in [-0.39, 0.29) is 6.04 Å². The van der Waals surface area contributed by atoms with Crippen molar-refractivity contribution < 1.29 is 0 Å². The van der Waals surface area contributed by atoms with E-state index in [1.54, 1.807) is 15.6 Å². The van der Waals surface area contributed by atoms with Crippen LogP contribution < -0.4 is 11.3 Å². The summed E-state index contributed by atoms with van der Waals surface area (Å²) in [6.07, 6.45) is 3.70. The Balaban J connectivity index is 1.98. The molecule has 2 heterocycles. The predicted molar refractivity (Wildman–Crippen MR) is 81.4 cm³/mol. The first-order valence-corrected chi connectivity index (χ1v) is 7.11. The maximum Gasteiger partial charge on any atom is 0.153 e. The summed E-state index contributed by atoms with van der Waals surface area (Å²) < 4.78 is 4.13. The van der Waals surface area contributed by atoms with E-state index in [4.69, 9.17) is 5.84 Å². The highest BCUT2D eigenvalue weighted by Crippen LogP contribution is 2.26. The number of hydrogen-bond donors (Lipinski definition) is 2. The van der Waals surface area contributed by atoms with Crippen molar-refractivity contribution in [1.82, 2.24) is 30.2 Å². The number of benzene rings is 1. The van der Waals surface area contributed by atoms with Gasteiger partial charge < -0.3 is 0 Å². The fraction of sp³-hybridized carbons (Fsp3) is 0.154. The monoisotopic (exact) mass is 347 g/mol. The Bertz CT molecular complexity index is 715. The molecule has 0 aliphatic carbocycles. The Hall–Kier alpha value is -2.03. The molecular weight excluding hydrogens is 334 g/mol. The fourth-order valence-electron chi connectivity index (χ4n) is 2.19. The van der Waals surface area contributed by atoms with Crippen LogP contribution in [0.3, 0.4) is 0 Å². The lowest BCUT2D eigenvalue weighted by molar-refractivity contribution is 0.569. The topological polar surface area (TPSA) is 86.6 Å². The van der Waals surface area contributed by atoms with Gasteiger partial charge in [-0.25, -0.2) is 14.8 Å². The van der Waals surface area contributed by atoms with Crippen molar-refractivity contribution >= 4 is 15.9 Å². The molecule has 3 rings (SSSR count). The SMILES string of the molecule is Cn1nnc(Br)c1C(NN)c1cnn(-c2ccccc2)c1. The van der Waals surface area contributed by atoms with E-state index in [0.29, 0.717) is 4.60 Å². The van der Waals surface area contributed by atoms with Crippen molar-refractivity contribution in [1.29, 1.82) is 0 Å². The lowest BCUT2D eigenvalue weighted by Gasteiger charge is -2.14. The van der Waals surface area contributed by atoms with Crippen molar-refractivity contribution in [3.63, 3.8) is 0 Å². The number of halogens is 1. The molecule has 0 spiro atoms. The summed E-state index contributed by atoms with van der Waals surface area (Å²) in [5.74, 6) is 5.70. The molecular formula is C13H14BrN7. The number of aryl methyl sites for hydroxylation is 1. The van der Waals surface area contributed by atoms with Crippen LogP contribution in [-0.2, 0) is 7.05 Å². The van der Waals surface area contributed by atoms with Gasteiger partial charge in [0, 0.05) is 18.8 Å². The van der Waals surface area contributed by atoms with Crippen molar-refractivity contribution in [2.24, 2.45) is 12.9 Å². The molecule has 8 heteroatoms. The van der Waals surface area contributed by atoms with Crippen LogP contribution in [0, 0.1) is 0 Å². The maximum atomic E-state index is 5.70. The first-order valence-electron chi connectivity index (χ1n) is 6.32. The zero-order valence-electron chi connectivity index (χ0n) is 11.3. The average Bonchev–Trinajstić information content (AvgIpc) is 3.11. The number of para-hydroxylation sites is 1. The second kappa shape index (κ2) is 5.76. The molecule has 0 saturated heterocycles. The number of nitrogens with zero attached hydrogens (tertiary/aromatic N) is 5. The number of nitrogens with two attached hydrogens (primary N) is 1. The van der Waals surface area contributed by atoms with Gasteiger partial charge in [-0.3, -0.25) is 5.84 Å². The van der Waals surface area contributed by atoms with Crippen LogP contribution in [0.4, 0.5) is 0 Å². The van der Waals surface area contributed by atoms with Gasteiger partial charge in [-0.05, 0) is 28.1 Å². The molecule has 108 valence electrons. The van der Waals surface area contributed by atoms with E-state index < -0.39 is 0 Å². The predicted octanol–water partition coefficient (Wildman–Crippen LogP) is 1.32. The van der Waals surface area contributed by atoms with E-state index in [1.807, 2.05) is 43.6 Å². The van der Waals surface area contributed by atoms with Crippen molar-refractivity contribution in [3.8, 4) is 5.69 Å². The van der Waals surface area contributed by atoms with Crippen molar-refractivity contribution in [2.45, 2.75) is 6.04 Å². The Morgan fingerprint density at radius 1 is 1.29 bits per heavy atom. The molecule has 21 heavy (non-hydrogen) atoms. The van der Waals surface area contributed by atoms with Gasteiger partial charge in [-0.2, -0.15) is 5.10 Å². The van der Waals surface area contributed by atoms with Crippen LogP contribution in [0.1, 0.15) is 17.3 Å². The van der Waals surface area contributed by atoms with Gasteiger partial charge in [-0.15, -0.1) is 5.10 Å². The number of aromatic nitrogens is 5. The van der Waals surface area contributed by atoms with Gasteiger partial charge in [-0.1, -0.05) is 23.4 Å². The Morgan fingerprint density at radius 2 is 2.05 bits per heavy atom. The normalized spacial score (nSPS) is 12.5. The van der Waals surface area contributed by atoms with Gasteiger partial charge in [0.25, 0.3) is 0 Å². The summed E-state index contributed by atoms with van der Waals surface area (Å²) in [5.41, 5.74) is 5.53. The zero-order valence-corrected chi connectivity index (χ0v) is 12.9. The lowest BCUT2D eigenvalue weighted by Crippen LogP contribution is -2.30. The molecule has 1 aromatic carbocycles. The molecule has 3 N–H and O–H groups in total. The molecule has 0 fully saturated rings. The van der Waals surface area contributed by atoms with Crippen LogP contribution in [0.15, 0.2) is 47.3 Å². The molecule has 0 bridgehead atoms. The van der Waals surface area contributed by atoms with Crippen molar-refractivity contribution in [2.75, 3.05) is 0 Å². The highest BCUT2D eigenvalue weighted by atomic mass is 79.9. The molecule has 0 saturated carbocycles. The first-order chi connectivity index (χ1) is 10.2. The van der Waals surface area contributed by atoms with E-state index in [2.05, 4.69) is 36.8 Å². The van der Waals surface area contributed by atoms with E-state index in [1.165, 1.54) is 0 Å². The molecule has 0 amide bonds. The average molecular weight is 348 g/mol. The lowest BCUT2D eigenvalue weighted by atomic mass is 10.1. The fourth-order valence-corrected chi connectivity index (χ4v) is 2.74. The summed E-state index contributed by atoms with van der Waals surface area (Å²) in [6, 6.07) is 9.63. The standard InChI is InChI=1S/C13H14BrN7/c1-20-12(13(14)18-19-20)11(17-15)9-7-16-21(8-9)10-5-3-2-4-6-10/h2-8,11,17H,15H2,1H3. The number of hydrazine groups is 1. The van der Waals surface area contributed by atoms with Crippen LogP contribution in [0.5, 0.6) is 0 Å². The minimum Gasteiger partial charge on any atom is -0.271 e. The summed E-state index contributed by atoms with van der Waals surface area (Å²) >= 11 is 3.39. The molecule has 0 aliphatic rings. The summed E-state index contributed by atoms with van der Waals surface area (Å²) in [7, 11) is 1.82. The second-order valence-electron chi connectivity index (χ2n) is 4.54. The molecule has 0 aliphatic heterocycles. The van der Waals surface area contributed by atoms with E-state index in [9.17, 15) is 0 Å². The van der Waals surface area contributed by atoms with Gasteiger partial charge in [0.2, 0.25) is 0 Å². The van der Waals surface area contributed by atoms with E-state index in [0.717, 1.165) is 16.9 Å². The quantitative estimate of drug-likeness (QED) is 0.549. The number of hydrogen-bond acceptors (Lipinski definition) is 5. The molecule has 3 aromatic rings. The highest BCUT2D eigenvalue weighted by Gasteiger charge is 2.22. The van der Waals surface area contributed by atoms with E-state index >= 15 is 0 Å². The largest absolute Gasteiger partial charge is 0.271 e. The minimum absolute atomic E-state index is 0.253. The smallest absolute Gasteiger partial charge is 0.153 e. The zero-order chi connectivity index (χ0) is 14.8.